The molecule has 1 amide bonds. The second kappa shape index (κ2) is 7.62. The van der Waals surface area contributed by atoms with Crippen LogP contribution in [0.25, 0.3) is 0 Å². The van der Waals surface area contributed by atoms with Gasteiger partial charge in [0.2, 0.25) is 0 Å². The third-order valence-corrected chi connectivity index (χ3v) is 4.02. The van der Waals surface area contributed by atoms with Gasteiger partial charge < -0.3 is 10.1 Å². The van der Waals surface area contributed by atoms with E-state index in [0.717, 1.165) is 18.8 Å². The molecule has 1 aromatic carbocycles. The second-order valence-electron chi connectivity index (χ2n) is 6.44. The summed E-state index contributed by atoms with van der Waals surface area (Å²) >= 11 is 1.81. The van der Waals surface area contributed by atoms with Crippen molar-refractivity contribution in [1.29, 1.82) is 0 Å². The predicted molar refractivity (Wildman–Crippen MR) is 95.9 cm³/mol. The third kappa shape index (κ3) is 6.42. The number of thiophene rings is 1. The van der Waals surface area contributed by atoms with E-state index >= 15 is 0 Å². The molecule has 0 fully saturated rings. The number of aryl methyl sites for hydroxylation is 1. The van der Waals surface area contributed by atoms with Crippen molar-refractivity contribution >= 4 is 23.1 Å². The van der Waals surface area contributed by atoms with Crippen molar-refractivity contribution < 1.29 is 9.53 Å². The van der Waals surface area contributed by atoms with Gasteiger partial charge in [-0.2, -0.15) is 0 Å². The van der Waals surface area contributed by atoms with Crippen molar-refractivity contribution in [3.05, 3.63) is 51.7 Å². The molecule has 0 aliphatic heterocycles. The summed E-state index contributed by atoms with van der Waals surface area (Å²) in [6.07, 6.45) is -0.434. The van der Waals surface area contributed by atoms with Crippen LogP contribution in [0.3, 0.4) is 0 Å². The van der Waals surface area contributed by atoms with Crippen LogP contribution in [0.15, 0.2) is 36.4 Å². The zero-order valence-electron chi connectivity index (χ0n) is 14.1. The number of benzene rings is 1. The number of hydrogen-bond donors (Lipinski definition) is 2. The van der Waals surface area contributed by atoms with E-state index in [-0.39, 0.29) is 0 Å². The first-order chi connectivity index (χ1) is 10.8. The molecule has 0 atom stereocenters. The fraction of sp³-hybridized carbons (Fsp3) is 0.389. The van der Waals surface area contributed by atoms with E-state index in [0.29, 0.717) is 0 Å². The molecule has 2 N–H and O–H groups in total. The number of anilines is 1. The van der Waals surface area contributed by atoms with Gasteiger partial charge in [0.1, 0.15) is 5.60 Å². The molecule has 0 radical (unpaired) electrons. The molecule has 4 nitrogen and oxygen atoms in total. The predicted octanol–water partition coefficient (Wildman–Crippen LogP) is 4.69. The third-order valence-electron chi connectivity index (χ3n) is 3.02. The van der Waals surface area contributed by atoms with Crippen molar-refractivity contribution in [1.82, 2.24) is 5.32 Å². The second-order valence-corrected chi connectivity index (χ2v) is 7.81. The van der Waals surface area contributed by atoms with Crippen LogP contribution in [-0.2, 0) is 17.8 Å². The van der Waals surface area contributed by atoms with Gasteiger partial charge >= 0.3 is 6.09 Å². The number of carbonyl (C=O) groups excluding carboxylic acids is 1. The van der Waals surface area contributed by atoms with Crippen LogP contribution >= 0.6 is 11.3 Å². The highest BCUT2D eigenvalue weighted by atomic mass is 32.1. The molecule has 23 heavy (non-hydrogen) atoms. The van der Waals surface area contributed by atoms with E-state index < -0.39 is 11.7 Å². The van der Waals surface area contributed by atoms with Crippen LogP contribution < -0.4 is 10.6 Å². The number of nitrogens with one attached hydrogen (secondary N) is 2. The number of hydrogen-bond acceptors (Lipinski definition) is 4. The first-order valence-electron chi connectivity index (χ1n) is 7.67. The summed E-state index contributed by atoms with van der Waals surface area (Å²) in [5.74, 6) is 0. The Balaban J connectivity index is 1.79. The summed E-state index contributed by atoms with van der Waals surface area (Å²) in [5, 5.41) is 6.15. The Morgan fingerprint density at radius 1 is 1.09 bits per heavy atom. The number of amides is 1. The Morgan fingerprint density at radius 3 is 2.35 bits per heavy atom. The van der Waals surface area contributed by atoms with E-state index in [1.807, 2.05) is 56.4 Å². The van der Waals surface area contributed by atoms with E-state index in [2.05, 4.69) is 29.7 Å². The summed E-state index contributed by atoms with van der Waals surface area (Å²) in [6, 6.07) is 12.1. The molecule has 0 aliphatic carbocycles. The Labute approximate surface area is 141 Å². The lowest BCUT2D eigenvalue weighted by atomic mass is 10.2. The molecule has 1 aromatic heterocycles. The molecule has 0 spiro atoms. The van der Waals surface area contributed by atoms with Gasteiger partial charge in [-0.3, -0.25) is 5.32 Å². The minimum Gasteiger partial charge on any atom is -0.444 e. The van der Waals surface area contributed by atoms with Gasteiger partial charge in [0.25, 0.3) is 0 Å². The van der Waals surface area contributed by atoms with Gasteiger partial charge in [0.05, 0.1) is 0 Å². The summed E-state index contributed by atoms with van der Waals surface area (Å²) in [7, 11) is 0. The lowest BCUT2D eigenvalue weighted by molar-refractivity contribution is 0.0636. The fourth-order valence-corrected chi connectivity index (χ4v) is 2.90. The molecule has 5 heteroatoms. The molecule has 0 bridgehead atoms. The molecular weight excluding hydrogens is 308 g/mol. The lowest BCUT2D eigenvalue weighted by Crippen LogP contribution is -2.27. The van der Waals surface area contributed by atoms with Crippen LogP contribution in [-0.4, -0.2) is 11.7 Å². The smallest absolute Gasteiger partial charge is 0.412 e. The van der Waals surface area contributed by atoms with Gasteiger partial charge in [-0.25, -0.2) is 4.79 Å². The van der Waals surface area contributed by atoms with E-state index in [4.69, 9.17) is 4.74 Å². The molecule has 2 aromatic rings. The van der Waals surface area contributed by atoms with Gasteiger partial charge in [-0.15, -0.1) is 11.3 Å². The average Bonchev–Trinajstić information content (AvgIpc) is 2.84. The van der Waals surface area contributed by atoms with Crippen molar-refractivity contribution in [2.45, 2.75) is 46.4 Å². The minimum atomic E-state index is -0.492. The first-order valence-corrected chi connectivity index (χ1v) is 8.48. The summed E-state index contributed by atoms with van der Waals surface area (Å²) < 4.78 is 5.23. The van der Waals surface area contributed by atoms with Crippen molar-refractivity contribution in [2.24, 2.45) is 0 Å². The standard InChI is InChI=1S/C18H24N2O2S/c1-13-5-10-16(23-13)12-19-11-14-6-8-15(9-7-14)20-17(21)22-18(2,3)4/h5-10,19H,11-12H2,1-4H3,(H,20,21). The van der Waals surface area contributed by atoms with Crippen molar-refractivity contribution in [3.63, 3.8) is 0 Å². The lowest BCUT2D eigenvalue weighted by Gasteiger charge is -2.19. The Hall–Kier alpha value is -1.85. The minimum absolute atomic E-state index is 0.434. The fourth-order valence-electron chi connectivity index (χ4n) is 2.04. The van der Waals surface area contributed by atoms with Crippen LogP contribution in [0.5, 0.6) is 0 Å². The normalized spacial score (nSPS) is 11.3. The Morgan fingerprint density at radius 2 is 1.78 bits per heavy atom. The molecule has 0 saturated heterocycles. The maximum atomic E-state index is 11.7. The number of ether oxygens (including phenoxy) is 1. The first kappa shape index (κ1) is 17.5. The van der Waals surface area contributed by atoms with Crippen LogP contribution in [0, 0.1) is 6.92 Å². The summed E-state index contributed by atoms with van der Waals surface area (Å²) in [6.45, 7) is 9.31. The van der Waals surface area contributed by atoms with Gasteiger partial charge in [-0.05, 0) is 57.5 Å². The van der Waals surface area contributed by atoms with Gasteiger partial charge in [0.15, 0.2) is 0 Å². The maximum absolute atomic E-state index is 11.7. The molecule has 0 saturated carbocycles. The monoisotopic (exact) mass is 332 g/mol. The van der Waals surface area contributed by atoms with E-state index in [1.54, 1.807) is 0 Å². The SMILES string of the molecule is Cc1ccc(CNCc2ccc(NC(=O)OC(C)(C)C)cc2)s1. The maximum Gasteiger partial charge on any atom is 0.412 e. The molecular formula is C18H24N2O2S. The molecule has 0 unspecified atom stereocenters. The Kier molecular flexibility index (Phi) is 5.80. The zero-order chi connectivity index (χ0) is 16.9. The zero-order valence-corrected chi connectivity index (χ0v) is 14.9. The highest BCUT2D eigenvalue weighted by Crippen LogP contribution is 2.15. The highest BCUT2D eigenvalue weighted by Gasteiger charge is 2.15. The van der Waals surface area contributed by atoms with Gasteiger partial charge in [0, 0.05) is 28.5 Å². The molecule has 124 valence electrons. The van der Waals surface area contributed by atoms with Crippen LogP contribution in [0.4, 0.5) is 10.5 Å². The topological polar surface area (TPSA) is 50.4 Å². The van der Waals surface area contributed by atoms with Crippen molar-refractivity contribution in [2.75, 3.05) is 5.32 Å². The molecule has 0 aliphatic rings. The highest BCUT2D eigenvalue weighted by molar-refractivity contribution is 7.11. The van der Waals surface area contributed by atoms with Crippen LogP contribution in [0.1, 0.15) is 36.1 Å². The van der Waals surface area contributed by atoms with Crippen LogP contribution in [0.2, 0.25) is 0 Å². The number of carbonyl (C=O) groups is 1. The molecule has 2 rings (SSSR count). The quantitative estimate of drug-likeness (QED) is 0.835. The number of rotatable bonds is 5. The van der Waals surface area contributed by atoms with Gasteiger partial charge in [-0.1, -0.05) is 12.1 Å². The summed E-state index contributed by atoms with van der Waals surface area (Å²) in [5.41, 5.74) is 1.42. The van der Waals surface area contributed by atoms with E-state index in [1.165, 1.54) is 15.3 Å². The largest absolute Gasteiger partial charge is 0.444 e. The van der Waals surface area contributed by atoms with E-state index in [9.17, 15) is 4.79 Å². The molecule has 1 heterocycles. The van der Waals surface area contributed by atoms with Crippen molar-refractivity contribution in [3.8, 4) is 0 Å². The Bertz CT molecular complexity index is 642. The average molecular weight is 332 g/mol. The summed E-state index contributed by atoms with van der Waals surface area (Å²) in [4.78, 5) is 14.4.